The third kappa shape index (κ3) is 4.29. The number of hydrogen-bond acceptors (Lipinski definition) is 4. The van der Waals surface area contributed by atoms with Crippen LogP contribution in [0.2, 0.25) is 0 Å². The standard InChI is InChI=1S/C12H17FN2O3/c1-12(2,18-3)4-5-14-10-6-9(13)7-11(8-10)15(16)17/h6-8,14H,4-5H2,1-3H3. The van der Waals surface area contributed by atoms with Gasteiger partial charge in [0.2, 0.25) is 0 Å². The number of benzene rings is 1. The quantitative estimate of drug-likeness (QED) is 0.627. The second-order valence-electron chi connectivity index (χ2n) is 4.60. The SMILES string of the molecule is COC(C)(C)CCNc1cc(F)cc([N+](=O)[O-])c1. The minimum Gasteiger partial charge on any atom is -0.385 e. The summed E-state index contributed by atoms with van der Waals surface area (Å²) in [6.45, 7) is 4.41. The van der Waals surface area contributed by atoms with E-state index in [1.165, 1.54) is 12.1 Å². The average molecular weight is 256 g/mol. The number of nitrogens with zero attached hydrogens (tertiary/aromatic N) is 1. The summed E-state index contributed by atoms with van der Waals surface area (Å²) in [6.07, 6.45) is 0.702. The van der Waals surface area contributed by atoms with E-state index in [9.17, 15) is 14.5 Å². The van der Waals surface area contributed by atoms with Crippen LogP contribution < -0.4 is 5.32 Å². The molecule has 0 spiro atoms. The van der Waals surface area contributed by atoms with E-state index in [4.69, 9.17) is 4.74 Å². The zero-order valence-corrected chi connectivity index (χ0v) is 10.7. The lowest BCUT2D eigenvalue weighted by molar-refractivity contribution is -0.385. The van der Waals surface area contributed by atoms with Crippen molar-refractivity contribution in [2.75, 3.05) is 19.0 Å². The Hall–Kier alpha value is -1.69. The maximum absolute atomic E-state index is 13.1. The highest BCUT2D eigenvalue weighted by atomic mass is 19.1. The van der Waals surface area contributed by atoms with E-state index >= 15 is 0 Å². The molecule has 0 fully saturated rings. The molecule has 0 aliphatic heterocycles. The summed E-state index contributed by atoms with van der Waals surface area (Å²) in [5.41, 5.74) is -0.149. The Morgan fingerprint density at radius 2 is 2.11 bits per heavy atom. The van der Waals surface area contributed by atoms with E-state index in [1.807, 2.05) is 13.8 Å². The van der Waals surface area contributed by atoms with Gasteiger partial charge in [0.15, 0.2) is 0 Å². The minimum absolute atomic E-state index is 0.261. The van der Waals surface area contributed by atoms with E-state index < -0.39 is 10.7 Å². The van der Waals surface area contributed by atoms with Crippen molar-refractivity contribution in [1.82, 2.24) is 0 Å². The van der Waals surface area contributed by atoms with E-state index in [0.29, 0.717) is 18.7 Å². The monoisotopic (exact) mass is 256 g/mol. The lowest BCUT2D eigenvalue weighted by Gasteiger charge is -2.23. The van der Waals surface area contributed by atoms with Crippen LogP contribution >= 0.6 is 0 Å². The first-order valence-corrected chi connectivity index (χ1v) is 5.58. The van der Waals surface area contributed by atoms with Gasteiger partial charge in [-0.1, -0.05) is 0 Å². The third-order valence-electron chi connectivity index (χ3n) is 2.70. The van der Waals surface area contributed by atoms with Crippen LogP contribution in [0.25, 0.3) is 0 Å². The number of methoxy groups -OCH3 is 1. The van der Waals surface area contributed by atoms with Crippen LogP contribution in [-0.4, -0.2) is 24.2 Å². The number of hydrogen-bond donors (Lipinski definition) is 1. The second-order valence-corrected chi connectivity index (χ2v) is 4.60. The van der Waals surface area contributed by atoms with E-state index in [-0.39, 0.29) is 11.3 Å². The van der Waals surface area contributed by atoms with Gasteiger partial charge in [0.25, 0.3) is 5.69 Å². The molecule has 0 saturated carbocycles. The zero-order valence-electron chi connectivity index (χ0n) is 10.7. The number of nitrogens with one attached hydrogen (secondary N) is 1. The topological polar surface area (TPSA) is 64.4 Å². The molecule has 0 atom stereocenters. The summed E-state index contributed by atoms with van der Waals surface area (Å²) in [4.78, 5) is 9.96. The molecule has 0 unspecified atom stereocenters. The van der Waals surface area contributed by atoms with Crippen LogP contribution in [0.3, 0.4) is 0 Å². The highest BCUT2D eigenvalue weighted by Gasteiger charge is 2.16. The van der Waals surface area contributed by atoms with Crippen molar-refractivity contribution in [2.24, 2.45) is 0 Å². The van der Waals surface area contributed by atoms with E-state index in [1.54, 1.807) is 7.11 Å². The molecular formula is C12H17FN2O3. The molecule has 0 radical (unpaired) electrons. The molecule has 0 amide bonds. The van der Waals surface area contributed by atoms with Crippen LogP contribution in [0.1, 0.15) is 20.3 Å². The Bertz CT molecular complexity index is 435. The van der Waals surface area contributed by atoms with Gasteiger partial charge in [0.1, 0.15) is 5.82 Å². The summed E-state index contributed by atoms with van der Waals surface area (Å²) in [6, 6.07) is 3.43. The molecule has 0 saturated heterocycles. The molecule has 0 aromatic heterocycles. The molecule has 0 bridgehead atoms. The highest BCUT2D eigenvalue weighted by Crippen LogP contribution is 2.20. The fourth-order valence-corrected chi connectivity index (χ4v) is 1.39. The van der Waals surface area contributed by atoms with Gasteiger partial charge in [0, 0.05) is 25.4 Å². The molecule has 0 aliphatic rings. The molecule has 18 heavy (non-hydrogen) atoms. The lowest BCUT2D eigenvalue weighted by atomic mass is 10.1. The van der Waals surface area contributed by atoms with Crippen molar-refractivity contribution in [1.29, 1.82) is 0 Å². The number of anilines is 1. The molecule has 0 heterocycles. The van der Waals surface area contributed by atoms with E-state index in [0.717, 1.165) is 6.07 Å². The Morgan fingerprint density at radius 1 is 1.44 bits per heavy atom. The van der Waals surface area contributed by atoms with Crippen molar-refractivity contribution in [3.63, 3.8) is 0 Å². The first-order valence-electron chi connectivity index (χ1n) is 5.58. The Morgan fingerprint density at radius 3 is 2.67 bits per heavy atom. The van der Waals surface area contributed by atoms with Gasteiger partial charge < -0.3 is 10.1 Å². The second kappa shape index (κ2) is 5.77. The van der Waals surface area contributed by atoms with Crippen LogP contribution in [0.4, 0.5) is 15.8 Å². The number of nitro groups is 1. The summed E-state index contributed by atoms with van der Waals surface area (Å²) in [5.74, 6) is -0.627. The number of nitro benzene ring substituents is 1. The third-order valence-corrected chi connectivity index (χ3v) is 2.70. The molecule has 1 N–H and O–H groups in total. The summed E-state index contributed by atoms with van der Waals surface area (Å²) >= 11 is 0. The van der Waals surface area contributed by atoms with E-state index in [2.05, 4.69) is 5.32 Å². The van der Waals surface area contributed by atoms with Gasteiger partial charge in [0.05, 0.1) is 16.6 Å². The Balaban J connectivity index is 2.65. The number of non-ortho nitro benzene ring substituents is 1. The molecular weight excluding hydrogens is 239 g/mol. The molecule has 6 heteroatoms. The lowest BCUT2D eigenvalue weighted by Crippen LogP contribution is -2.25. The number of ether oxygens (including phenoxy) is 1. The molecule has 1 aromatic carbocycles. The fourth-order valence-electron chi connectivity index (χ4n) is 1.39. The highest BCUT2D eigenvalue weighted by molar-refractivity contribution is 5.51. The van der Waals surface area contributed by atoms with Gasteiger partial charge in [-0.3, -0.25) is 10.1 Å². The molecule has 5 nitrogen and oxygen atoms in total. The largest absolute Gasteiger partial charge is 0.385 e. The number of rotatable bonds is 6. The zero-order chi connectivity index (χ0) is 13.8. The minimum atomic E-state index is -0.627. The van der Waals surface area contributed by atoms with Crippen molar-refractivity contribution >= 4 is 11.4 Å². The molecule has 1 aromatic rings. The Labute approximate surface area is 105 Å². The van der Waals surface area contributed by atoms with Crippen molar-refractivity contribution in [3.8, 4) is 0 Å². The number of halogens is 1. The van der Waals surface area contributed by atoms with Gasteiger partial charge in [-0.15, -0.1) is 0 Å². The maximum atomic E-state index is 13.1. The summed E-state index contributed by atoms with van der Waals surface area (Å²) < 4.78 is 18.4. The van der Waals surface area contributed by atoms with Gasteiger partial charge in [-0.25, -0.2) is 4.39 Å². The molecule has 1 rings (SSSR count). The van der Waals surface area contributed by atoms with Crippen LogP contribution in [-0.2, 0) is 4.74 Å². The average Bonchev–Trinajstić information content (AvgIpc) is 2.28. The predicted octanol–water partition coefficient (Wildman–Crippen LogP) is 2.96. The van der Waals surface area contributed by atoms with Gasteiger partial charge >= 0.3 is 0 Å². The summed E-state index contributed by atoms with van der Waals surface area (Å²) in [7, 11) is 1.62. The smallest absolute Gasteiger partial charge is 0.274 e. The first-order chi connectivity index (χ1) is 8.34. The fraction of sp³-hybridized carbons (Fsp3) is 0.500. The normalized spacial score (nSPS) is 11.3. The van der Waals surface area contributed by atoms with Gasteiger partial charge in [-0.2, -0.15) is 0 Å². The molecule has 0 aliphatic carbocycles. The first kappa shape index (κ1) is 14.4. The Kier molecular flexibility index (Phi) is 4.61. The van der Waals surface area contributed by atoms with Crippen molar-refractivity contribution < 1.29 is 14.1 Å². The summed E-state index contributed by atoms with van der Waals surface area (Å²) in [5, 5.41) is 13.5. The van der Waals surface area contributed by atoms with Crippen LogP contribution in [0, 0.1) is 15.9 Å². The van der Waals surface area contributed by atoms with Gasteiger partial charge in [-0.05, 0) is 26.3 Å². The van der Waals surface area contributed by atoms with Crippen molar-refractivity contribution in [2.45, 2.75) is 25.9 Å². The van der Waals surface area contributed by atoms with Crippen molar-refractivity contribution in [3.05, 3.63) is 34.1 Å². The predicted molar refractivity (Wildman–Crippen MR) is 67.2 cm³/mol. The van der Waals surface area contributed by atoms with Crippen LogP contribution in [0.15, 0.2) is 18.2 Å². The molecule has 100 valence electrons. The maximum Gasteiger partial charge on any atom is 0.274 e. The van der Waals surface area contributed by atoms with Crippen LogP contribution in [0.5, 0.6) is 0 Å².